The Hall–Kier alpha value is -2.38. The van der Waals surface area contributed by atoms with Gasteiger partial charge < -0.3 is 4.90 Å². The number of benzene rings is 1. The minimum atomic E-state index is -0.234. The standard InChI is InChI=1S/C23H32N4O2S/c1-3-8-20-18(4-2)17-21(30-20)23(29)25-24-22(28)11-12-26-13-15-27(16-14-26)19-9-6-5-7-10-19/h5-7,9-10,17H,3-4,8,11-16H2,1-2H3,(H,24,28)(H,25,29). The molecule has 3 rings (SSSR count). The Balaban J connectivity index is 1.38. The van der Waals surface area contributed by atoms with Gasteiger partial charge in [-0.05, 0) is 36.6 Å². The minimum Gasteiger partial charge on any atom is -0.369 e. The second kappa shape index (κ2) is 11.1. The van der Waals surface area contributed by atoms with E-state index in [4.69, 9.17) is 0 Å². The zero-order valence-electron chi connectivity index (χ0n) is 17.9. The molecule has 1 aromatic carbocycles. The van der Waals surface area contributed by atoms with Crippen molar-refractivity contribution in [2.24, 2.45) is 0 Å². The van der Waals surface area contributed by atoms with E-state index in [2.05, 4.69) is 58.8 Å². The number of piperazine rings is 1. The van der Waals surface area contributed by atoms with Crippen molar-refractivity contribution in [1.29, 1.82) is 0 Å². The third-order valence-electron chi connectivity index (χ3n) is 5.44. The van der Waals surface area contributed by atoms with Gasteiger partial charge in [0.05, 0.1) is 4.88 Å². The first-order chi connectivity index (χ1) is 14.6. The Labute approximate surface area is 183 Å². The van der Waals surface area contributed by atoms with Gasteiger partial charge in [0.15, 0.2) is 0 Å². The van der Waals surface area contributed by atoms with E-state index in [1.54, 1.807) is 0 Å². The molecule has 7 heteroatoms. The molecule has 0 saturated carbocycles. The van der Waals surface area contributed by atoms with Crippen molar-refractivity contribution >= 4 is 28.8 Å². The Kier molecular flexibility index (Phi) is 8.28. The van der Waals surface area contributed by atoms with Gasteiger partial charge in [-0.1, -0.05) is 38.5 Å². The van der Waals surface area contributed by atoms with Crippen LogP contribution in [0.2, 0.25) is 0 Å². The van der Waals surface area contributed by atoms with Crippen molar-refractivity contribution in [1.82, 2.24) is 15.8 Å². The van der Waals surface area contributed by atoms with E-state index in [1.165, 1.54) is 27.5 Å². The van der Waals surface area contributed by atoms with E-state index in [-0.39, 0.29) is 11.8 Å². The molecule has 6 nitrogen and oxygen atoms in total. The summed E-state index contributed by atoms with van der Waals surface area (Å²) in [7, 11) is 0. The average Bonchev–Trinajstić information content (AvgIpc) is 3.20. The zero-order valence-corrected chi connectivity index (χ0v) is 18.8. The summed E-state index contributed by atoms with van der Waals surface area (Å²) in [6.07, 6.45) is 3.34. The summed E-state index contributed by atoms with van der Waals surface area (Å²) in [5, 5.41) is 0. The quantitative estimate of drug-likeness (QED) is 0.634. The average molecular weight is 429 g/mol. The number of thiophene rings is 1. The van der Waals surface area contributed by atoms with E-state index >= 15 is 0 Å². The van der Waals surface area contributed by atoms with E-state index in [0.29, 0.717) is 17.8 Å². The largest absolute Gasteiger partial charge is 0.369 e. The molecule has 0 spiro atoms. The molecule has 1 saturated heterocycles. The summed E-state index contributed by atoms with van der Waals surface area (Å²) in [5.41, 5.74) is 7.61. The molecule has 2 heterocycles. The van der Waals surface area contributed by atoms with Crippen LogP contribution in [0, 0.1) is 0 Å². The molecule has 1 aliphatic rings. The van der Waals surface area contributed by atoms with Crippen LogP contribution in [0.25, 0.3) is 0 Å². The Bertz CT molecular complexity index is 829. The summed E-state index contributed by atoms with van der Waals surface area (Å²) in [5.74, 6) is -0.392. The van der Waals surface area contributed by atoms with Crippen LogP contribution in [0.4, 0.5) is 5.69 Å². The molecule has 2 N–H and O–H groups in total. The van der Waals surface area contributed by atoms with Gasteiger partial charge in [0.2, 0.25) is 5.91 Å². The van der Waals surface area contributed by atoms with Crippen LogP contribution in [-0.4, -0.2) is 49.4 Å². The second-order valence-corrected chi connectivity index (χ2v) is 8.72. The van der Waals surface area contributed by atoms with Crippen LogP contribution in [0.5, 0.6) is 0 Å². The predicted octanol–water partition coefficient (Wildman–Crippen LogP) is 3.24. The van der Waals surface area contributed by atoms with E-state index in [0.717, 1.165) is 45.4 Å². The molecule has 1 fully saturated rings. The van der Waals surface area contributed by atoms with E-state index in [1.807, 2.05) is 12.1 Å². The first-order valence-corrected chi connectivity index (χ1v) is 11.7. The van der Waals surface area contributed by atoms with Crippen molar-refractivity contribution in [3.63, 3.8) is 0 Å². The summed E-state index contributed by atoms with van der Waals surface area (Å²) in [6.45, 7) is 8.73. The van der Waals surface area contributed by atoms with Crippen LogP contribution in [-0.2, 0) is 17.6 Å². The number of rotatable bonds is 8. The number of carbonyl (C=O) groups excluding carboxylic acids is 2. The zero-order chi connectivity index (χ0) is 21.3. The normalized spacial score (nSPS) is 14.5. The van der Waals surface area contributed by atoms with Crippen molar-refractivity contribution in [2.45, 2.75) is 39.5 Å². The Morgan fingerprint density at radius 3 is 2.43 bits per heavy atom. The van der Waals surface area contributed by atoms with Gasteiger partial charge in [0.1, 0.15) is 0 Å². The topological polar surface area (TPSA) is 64.7 Å². The van der Waals surface area contributed by atoms with Crippen LogP contribution < -0.4 is 15.8 Å². The van der Waals surface area contributed by atoms with Gasteiger partial charge in [-0.2, -0.15) is 0 Å². The summed E-state index contributed by atoms with van der Waals surface area (Å²) < 4.78 is 0. The van der Waals surface area contributed by atoms with Crippen molar-refractivity contribution < 1.29 is 9.59 Å². The lowest BCUT2D eigenvalue weighted by Crippen LogP contribution is -2.48. The highest BCUT2D eigenvalue weighted by atomic mass is 32.1. The van der Waals surface area contributed by atoms with E-state index < -0.39 is 0 Å². The van der Waals surface area contributed by atoms with E-state index in [9.17, 15) is 9.59 Å². The van der Waals surface area contributed by atoms with Gasteiger partial charge in [0, 0.05) is 49.7 Å². The monoisotopic (exact) mass is 428 g/mol. The molecule has 2 aromatic rings. The number of amides is 2. The summed E-state index contributed by atoms with van der Waals surface area (Å²) in [6, 6.07) is 12.4. The maximum Gasteiger partial charge on any atom is 0.279 e. The Morgan fingerprint density at radius 1 is 1.03 bits per heavy atom. The minimum absolute atomic E-state index is 0.158. The third kappa shape index (κ3) is 6.06. The number of para-hydroxylation sites is 1. The molecule has 162 valence electrons. The number of hydrazine groups is 1. The van der Waals surface area contributed by atoms with Crippen molar-refractivity contribution in [3.05, 3.63) is 51.7 Å². The number of nitrogens with one attached hydrogen (secondary N) is 2. The maximum absolute atomic E-state index is 12.4. The smallest absolute Gasteiger partial charge is 0.279 e. The molecular formula is C23H32N4O2S. The number of aryl methyl sites for hydroxylation is 2. The molecule has 0 atom stereocenters. The van der Waals surface area contributed by atoms with Gasteiger partial charge >= 0.3 is 0 Å². The fourth-order valence-electron chi connectivity index (χ4n) is 3.69. The summed E-state index contributed by atoms with van der Waals surface area (Å²) in [4.78, 5) is 31.2. The first kappa shape index (κ1) is 22.3. The fourth-order valence-corrected chi connectivity index (χ4v) is 4.95. The molecule has 1 aromatic heterocycles. The summed E-state index contributed by atoms with van der Waals surface area (Å²) >= 11 is 1.53. The highest BCUT2D eigenvalue weighted by Crippen LogP contribution is 2.24. The number of nitrogens with zero attached hydrogens (tertiary/aromatic N) is 2. The van der Waals surface area contributed by atoms with Crippen LogP contribution >= 0.6 is 11.3 Å². The molecule has 0 unspecified atom stereocenters. The fraction of sp³-hybridized carbons (Fsp3) is 0.478. The Morgan fingerprint density at radius 2 is 1.77 bits per heavy atom. The maximum atomic E-state index is 12.4. The molecule has 0 bridgehead atoms. The SMILES string of the molecule is CCCc1sc(C(=O)NNC(=O)CCN2CCN(c3ccccc3)CC2)cc1CC. The van der Waals surface area contributed by atoms with Crippen LogP contribution in [0.3, 0.4) is 0 Å². The lowest BCUT2D eigenvalue weighted by atomic mass is 10.1. The lowest BCUT2D eigenvalue weighted by Gasteiger charge is -2.36. The van der Waals surface area contributed by atoms with Gasteiger partial charge in [-0.3, -0.25) is 25.3 Å². The number of hydrogen-bond donors (Lipinski definition) is 2. The van der Waals surface area contributed by atoms with Crippen molar-refractivity contribution in [3.8, 4) is 0 Å². The second-order valence-electron chi connectivity index (χ2n) is 7.58. The van der Waals surface area contributed by atoms with Crippen LogP contribution in [0.1, 0.15) is 46.8 Å². The number of anilines is 1. The highest BCUT2D eigenvalue weighted by Gasteiger charge is 2.18. The molecule has 30 heavy (non-hydrogen) atoms. The van der Waals surface area contributed by atoms with Crippen LogP contribution in [0.15, 0.2) is 36.4 Å². The predicted molar refractivity (Wildman–Crippen MR) is 123 cm³/mol. The van der Waals surface area contributed by atoms with Gasteiger partial charge in [-0.25, -0.2) is 0 Å². The lowest BCUT2D eigenvalue weighted by molar-refractivity contribution is -0.122. The molecule has 2 amide bonds. The van der Waals surface area contributed by atoms with Gasteiger partial charge in [0.25, 0.3) is 5.91 Å². The highest BCUT2D eigenvalue weighted by molar-refractivity contribution is 7.14. The molecule has 0 aliphatic carbocycles. The molecular weight excluding hydrogens is 396 g/mol. The number of carbonyl (C=O) groups is 2. The first-order valence-electron chi connectivity index (χ1n) is 10.8. The number of hydrogen-bond acceptors (Lipinski definition) is 5. The molecule has 0 radical (unpaired) electrons. The van der Waals surface area contributed by atoms with Gasteiger partial charge in [-0.15, -0.1) is 11.3 Å². The molecule has 1 aliphatic heterocycles. The third-order valence-corrected chi connectivity index (χ3v) is 6.68. The van der Waals surface area contributed by atoms with Crippen molar-refractivity contribution in [2.75, 3.05) is 37.6 Å².